The van der Waals surface area contributed by atoms with Crippen LogP contribution >= 0.6 is 0 Å². The van der Waals surface area contributed by atoms with Crippen LogP contribution in [0.3, 0.4) is 0 Å². The van der Waals surface area contributed by atoms with E-state index in [4.69, 9.17) is 0 Å². The molecule has 0 radical (unpaired) electrons. The van der Waals surface area contributed by atoms with Gasteiger partial charge in [0.2, 0.25) is 0 Å². The summed E-state index contributed by atoms with van der Waals surface area (Å²) in [7, 11) is 0. The van der Waals surface area contributed by atoms with E-state index in [-0.39, 0.29) is 0 Å². The second-order valence-electron chi connectivity index (χ2n) is 7.02. The lowest BCUT2D eigenvalue weighted by Gasteiger charge is -2.43. The first kappa shape index (κ1) is 16.3. The molecule has 0 heterocycles. The summed E-state index contributed by atoms with van der Waals surface area (Å²) in [6.45, 7) is 9.41. The molecule has 1 N–H and O–H groups in total. The van der Waals surface area contributed by atoms with Gasteiger partial charge in [-0.25, -0.2) is 0 Å². The Bertz CT molecular complexity index is 262. The van der Waals surface area contributed by atoms with Gasteiger partial charge in [0.05, 0.1) is 0 Å². The third kappa shape index (κ3) is 4.46. The van der Waals surface area contributed by atoms with Crippen LogP contribution in [0, 0.1) is 5.92 Å². The molecule has 2 heteroatoms. The molecule has 0 aromatic rings. The van der Waals surface area contributed by atoms with Crippen molar-refractivity contribution in [2.45, 2.75) is 96.7 Å². The van der Waals surface area contributed by atoms with Crippen molar-refractivity contribution < 1.29 is 0 Å². The van der Waals surface area contributed by atoms with Crippen molar-refractivity contribution >= 4 is 0 Å². The smallest absolute Gasteiger partial charge is 0.0254 e. The minimum atomic E-state index is 0.755. The first-order chi connectivity index (χ1) is 9.80. The lowest BCUT2D eigenvalue weighted by molar-refractivity contribution is 0.0862. The van der Waals surface area contributed by atoms with Crippen LogP contribution in [0.1, 0.15) is 78.6 Å². The lowest BCUT2D eigenvalue weighted by atomic mass is 9.79. The molecule has 2 fully saturated rings. The summed E-state index contributed by atoms with van der Waals surface area (Å²) < 4.78 is 0. The molecular formula is C18H36N2. The Morgan fingerprint density at radius 3 is 2.40 bits per heavy atom. The molecule has 0 aromatic heterocycles. The van der Waals surface area contributed by atoms with Crippen molar-refractivity contribution in [2.24, 2.45) is 5.92 Å². The Morgan fingerprint density at radius 1 is 1.00 bits per heavy atom. The molecule has 118 valence electrons. The average Bonchev–Trinajstić information content (AvgIpc) is 3.27. The SMILES string of the molecule is CCCCN(C1CC1)C1CC(CCC)CCC1NCC. The molecule has 0 amide bonds. The van der Waals surface area contributed by atoms with Crippen LogP contribution < -0.4 is 5.32 Å². The van der Waals surface area contributed by atoms with Gasteiger partial charge in [0.25, 0.3) is 0 Å². The minimum Gasteiger partial charge on any atom is -0.313 e. The maximum atomic E-state index is 3.80. The fourth-order valence-corrected chi connectivity index (χ4v) is 4.13. The van der Waals surface area contributed by atoms with Crippen LogP contribution in [-0.2, 0) is 0 Å². The van der Waals surface area contributed by atoms with Crippen molar-refractivity contribution in [3.8, 4) is 0 Å². The maximum absolute atomic E-state index is 3.80. The van der Waals surface area contributed by atoms with Gasteiger partial charge in [-0.15, -0.1) is 0 Å². The van der Waals surface area contributed by atoms with E-state index in [0.717, 1.165) is 30.6 Å². The number of nitrogens with zero attached hydrogens (tertiary/aromatic N) is 1. The highest BCUT2D eigenvalue weighted by Gasteiger charge is 2.39. The molecular weight excluding hydrogens is 244 g/mol. The van der Waals surface area contributed by atoms with Crippen molar-refractivity contribution in [3.05, 3.63) is 0 Å². The fraction of sp³-hybridized carbons (Fsp3) is 1.00. The molecule has 3 atom stereocenters. The predicted molar refractivity (Wildman–Crippen MR) is 88.1 cm³/mol. The number of hydrogen-bond donors (Lipinski definition) is 1. The van der Waals surface area contributed by atoms with E-state index in [2.05, 4.69) is 31.0 Å². The van der Waals surface area contributed by atoms with Crippen molar-refractivity contribution in [1.29, 1.82) is 0 Å². The summed E-state index contributed by atoms with van der Waals surface area (Å²) in [6.07, 6.45) is 12.7. The van der Waals surface area contributed by atoms with Gasteiger partial charge in [0.1, 0.15) is 0 Å². The molecule has 2 rings (SSSR count). The molecule has 0 spiro atoms. The Hall–Kier alpha value is -0.0800. The highest BCUT2D eigenvalue weighted by Crippen LogP contribution is 2.37. The van der Waals surface area contributed by atoms with E-state index in [1.807, 2.05) is 0 Å². The Kier molecular flexibility index (Phi) is 6.83. The van der Waals surface area contributed by atoms with E-state index >= 15 is 0 Å². The van der Waals surface area contributed by atoms with Gasteiger partial charge in [-0.3, -0.25) is 4.90 Å². The van der Waals surface area contributed by atoms with Crippen LogP contribution in [0.15, 0.2) is 0 Å². The topological polar surface area (TPSA) is 15.3 Å². The van der Waals surface area contributed by atoms with Crippen molar-refractivity contribution in [1.82, 2.24) is 10.2 Å². The van der Waals surface area contributed by atoms with Gasteiger partial charge < -0.3 is 5.32 Å². The largest absolute Gasteiger partial charge is 0.313 e. The van der Waals surface area contributed by atoms with Gasteiger partial charge in [-0.05, 0) is 57.5 Å². The minimum absolute atomic E-state index is 0.755. The molecule has 3 unspecified atom stereocenters. The Labute approximate surface area is 126 Å². The summed E-state index contributed by atoms with van der Waals surface area (Å²) in [6, 6.07) is 2.50. The zero-order valence-corrected chi connectivity index (χ0v) is 14.0. The third-order valence-corrected chi connectivity index (χ3v) is 5.30. The third-order valence-electron chi connectivity index (χ3n) is 5.30. The molecule has 2 nitrogen and oxygen atoms in total. The predicted octanol–water partition coefficient (Wildman–Crippen LogP) is 4.20. The molecule has 0 aliphatic heterocycles. The Balaban J connectivity index is 1.99. The summed E-state index contributed by atoms with van der Waals surface area (Å²) in [5.74, 6) is 0.989. The quantitative estimate of drug-likeness (QED) is 0.681. The second-order valence-corrected chi connectivity index (χ2v) is 7.02. The Morgan fingerprint density at radius 2 is 1.80 bits per heavy atom. The van der Waals surface area contributed by atoms with Crippen LogP contribution in [0.4, 0.5) is 0 Å². The molecule has 2 saturated carbocycles. The normalized spacial score (nSPS) is 30.9. The van der Waals surface area contributed by atoms with E-state index in [1.54, 1.807) is 0 Å². The fourth-order valence-electron chi connectivity index (χ4n) is 4.13. The van der Waals surface area contributed by atoms with E-state index in [0.29, 0.717) is 0 Å². The summed E-state index contributed by atoms with van der Waals surface area (Å²) >= 11 is 0. The number of likely N-dealkylation sites (N-methyl/N-ethyl adjacent to an activating group) is 1. The van der Waals surface area contributed by atoms with Crippen LogP contribution in [0.25, 0.3) is 0 Å². The van der Waals surface area contributed by atoms with Crippen LogP contribution in [-0.4, -0.2) is 36.1 Å². The van der Waals surface area contributed by atoms with E-state index in [1.165, 1.54) is 64.3 Å². The molecule has 0 bridgehead atoms. The standard InChI is InChI=1S/C18H36N2/c1-4-7-13-20(16-10-11-16)18-14-15(8-5-2)9-12-17(18)19-6-3/h15-19H,4-14H2,1-3H3. The van der Waals surface area contributed by atoms with Crippen molar-refractivity contribution in [2.75, 3.05) is 13.1 Å². The van der Waals surface area contributed by atoms with Crippen LogP contribution in [0.2, 0.25) is 0 Å². The maximum Gasteiger partial charge on any atom is 0.0254 e. The first-order valence-electron chi connectivity index (χ1n) is 9.29. The monoisotopic (exact) mass is 280 g/mol. The van der Waals surface area contributed by atoms with Gasteiger partial charge in [0.15, 0.2) is 0 Å². The molecule has 20 heavy (non-hydrogen) atoms. The highest BCUT2D eigenvalue weighted by molar-refractivity contribution is 4.97. The van der Waals surface area contributed by atoms with Crippen LogP contribution in [0.5, 0.6) is 0 Å². The van der Waals surface area contributed by atoms with Gasteiger partial charge >= 0.3 is 0 Å². The number of hydrogen-bond acceptors (Lipinski definition) is 2. The number of rotatable bonds is 9. The summed E-state index contributed by atoms with van der Waals surface area (Å²) in [5, 5.41) is 3.80. The molecule has 0 aromatic carbocycles. The molecule has 2 aliphatic carbocycles. The van der Waals surface area contributed by atoms with Gasteiger partial charge in [0, 0.05) is 18.1 Å². The van der Waals surface area contributed by atoms with Gasteiger partial charge in [-0.2, -0.15) is 0 Å². The van der Waals surface area contributed by atoms with E-state index < -0.39 is 0 Å². The number of nitrogens with one attached hydrogen (secondary N) is 1. The zero-order chi connectivity index (χ0) is 14.4. The summed E-state index contributed by atoms with van der Waals surface area (Å²) in [5.41, 5.74) is 0. The second kappa shape index (κ2) is 8.38. The highest BCUT2D eigenvalue weighted by atomic mass is 15.2. The van der Waals surface area contributed by atoms with Gasteiger partial charge in [-0.1, -0.05) is 40.0 Å². The first-order valence-corrected chi connectivity index (χ1v) is 9.29. The van der Waals surface area contributed by atoms with Crippen molar-refractivity contribution in [3.63, 3.8) is 0 Å². The van der Waals surface area contributed by atoms with E-state index in [9.17, 15) is 0 Å². The summed E-state index contributed by atoms with van der Waals surface area (Å²) in [4.78, 5) is 2.90. The zero-order valence-electron chi connectivity index (χ0n) is 14.0. The molecule has 0 saturated heterocycles. The lowest BCUT2D eigenvalue weighted by Crippen LogP contribution is -2.54. The number of unbranched alkanes of at least 4 members (excludes halogenated alkanes) is 1. The molecule has 2 aliphatic rings. The average molecular weight is 280 g/mol.